The Morgan fingerprint density at radius 3 is 2.82 bits per heavy atom. The van der Waals surface area contributed by atoms with Crippen molar-refractivity contribution in [2.24, 2.45) is 0 Å². The third-order valence-corrected chi connectivity index (χ3v) is 1.39. The van der Waals surface area contributed by atoms with Gasteiger partial charge in [0.25, 0.3) is 0 Å². The minimum absolute atomic E-state index is 0.672. The molecule has 4 heteroatoms. The van der Waals surface area contributed by atoms with E-state index in [1.807, 2.05) is 6.92 Å². The molecule has 0 fully saturated rings. The number of alkyl halides is 2. The monoisotopic (exact) mass is 160 g/mol. The second-order valence-electron chi connectivity index (χ2n) is 2.36. The number of hydrogen-bond donors (Lipinski definition) is 0. The van der Waals surface area contributed by atoms with Crippen LogP contribution in [0, 0.1) is 0 Å². The lowest BCUT2D eigenvalue weighted by Gasteiger charge is -1.95. The zero-order valence-electron chi connectivity index (χ0n) is 6.30. The average Bonchev–Trinajstić information content (AvgIpc) is 2.37. The van der Waals surface area contributed by atoms with Crippen molar-refractivity contribution in [3.05, 3.63) is 18.0 Å². The van der Waals surface area contributed by atoms with Gasteiger partial charge in [-0.05, 0) is 12.0 Å². The van der Waals surface area contributed by atoms with Gasteiger partial charge in [-0.2, -0.15) is 13.9 Å². The second kappa shape index (κ2) is 3.46. The quantitative estimate of drug-likeness (QED) is 0.663. The number of nitrogens with zero attached hydrogens (tertiary/aromatic N) is 2. The molecule has 1 aromatic rings. The molecule has 1 aromatic heterocycles. The van der Waals surface area contributed by atoms with Crippen molar-refractivity contribution in [2.75, 3.05) is 0 Å². The van der Waals surface area contributed by atoms with E-state index >= 15 is 0 Å². The van der Waals surface area contributed by atoms with Crippen molar-refractivity contribution in [3.8, 4) is 0 Å². The zero-order chi connectivity index (χ0) is 8.27. The Kier molecular flexibility index (Phi) is 2.57. The Labute approximate surface area is 63.8 Å². The van der Waals surface area contributed by atoms with Crippen molar-refractivity contribution < 1.29 is 8.78 Å². The fraction of sp³-hybridized carbons (Fsp3) is 0.571. The highest BCUT2D eigenvalue weighted by Gasteiger charge is 2.05. The van der Waals surface area contributed by atoms with E-state index in [0.29, 0.717) is 4.68 Å². The molecule has 2 nitrogen and oxygen atoms in total. The van der Waals surface area contributed by atoms with Crippen molar-refractivity contribution in [2.45, 2.75) is 26.3 Å². The molecule has 0 spiro atoms. The molecule has 0 saturated carbocycles. The van der Waals surface area contributed by atoms with E-state index in [-0.39, 0.29) is 0 Å². The van der Waals surface area contributed by atoms with Crippen LogP contribution in [-0.4, -0.2) is 9.78 Å². The summed E-state index contributed by atoms with van der Waals surface area (Å²) in [6, 6.07) is 0. The van der Waals surface area contributed by atoms with Gasteiger partial charge in [-0.3, -0.25) is 0 Å². The first kappa shape index (κ1) is 8.17. The van der Waals surface area contributed by atoms with E-state index in [2.05, 4.69) is 5.10 Å². The summed E-state index contributed by atoms with van der Waals surface area (Å²) in [6.07, 6.45) is 4.63. The van der Waals surface area contributed by atoms with Crippen LogP contribution in [0.5, 0.6) is 0 Å². The third-order valence-electron chi connectivity index (χ3n) is 1.39. The van der Waals surface area contributed by atoms with Crippen LogP contribution in [-0.2, 0) is 6.42 Å². The van der Waals surface area contributed by atoms with Gasteiger partial charge in [0.15, 0.2) is 0 Å². The Balaban J connectivity index is 2.66. The molecular weight excluding hydrogens is 150 g/mol. The number of hydrogen-bond acceptors (Lipinski definition) is 1. The SMILES string of the molecule is CCCc1cnn(C(F)F)c1. The number of halogens is 2. The molecule has 1 rings (SSSR count). The highest BCUT2D eigenvalue weighted by molar-refractivity contribution is 5.03. The summed E-state index contributed by atoms with van der Waals surface area (Å²) in [5.41, 5.74) is 0.868. The van der Waals surface area contributed by atoms with Gasteiger partial charge in [-0.1, -0.05) is 13.3 Å². The predicted molar refractivity (Wildman–Crippen MR) is 37.5 cm³/mol. The summed E-state index contributed by atoms with van der Waals surface area (Å²) in [6.45, 7) is -0.514. The highest BCUT2D eigenvalue weighted by Crippen LogP contribution is 2.10. The van der Waals surface area contributed by atoms with Gasteiger partial charge in [0.05, 0.1) is 6.20 Å². The van der Waals surface area contributed by atoms with E-state index in [4.69, 9.17) is 0 Å². The fourth-order valence-corrected chi connectivity index (χ4v) is 0.902. The molecule has 11 heavy (non-hydrogen) atoms. The minimum Gasteiger partial charge on any atom is -0.211 e. The summed E-state index contributed by atoms with van der Waals surface area (Å²) in [4.78, 5) is 0. The van der Waals surface area contributed by atoms with Gasteiger partial charge in [0.2, 0.25) is 0 Å². The van der Waals surface area contributed by atoms with Crippen LogP contribution in [0.4, 0.5) is 8.78 Å². The van der Waals surface area contributed by atoms with Crippen molar-refractivity contribution in [3.63, 3.8) is 0 Å². The minimum atomic E-state index is -2.51. The first-order valence-electron chi connectivity index (χ1n) is 3.55. The van der Waals surface area contributed by atoms with Crippen LogP contribution in [0.1, 0.15) is 25.5 Å². The standard InChI is InChI=1S/C7H10F2N2/c1-2-3-6-4-10-11(5-6)7(8)9/h4-5,7H,2-3H2,1H3. The molecular formula is C7H10F2N2. The maximum atomic E-state index is 11.9. The molecule has 0 amide bonds. The Morgan fingerprint density at radius 2 is 2.36 bits per heavy atom. The molecule has 0 saturated heterocycles. The maximum Gasteiger partial charge on any atom is 0.333 e. The van der Waals surface area contributed by atoms with E-state index in [9.17, 15) is 8.78 Å². The molecule has 0 atom stereocenters. The summed E-state index contributed by atoms with van der Waals surface area (Å²) in [7, 11) is 0. The smallest absolute Gasteiger partial charge is 0.211 e. The van der Waals surface area contributed by atoms with Crippen LogP contribution < -0.4 is 0 Å². The summed E-state index contributed by atoms with van der Waals surface area (Å²) >= 11 is 0. The van der Waals surface area contributed by atoms with Gasteiger partial charge in [-0.25, -0.2) is 4.68 Å². The number of aromatic nitrogens is 2. The van der Waals surface area contributed by atoms with E-state index in [1.165, 1.54) is 12.4 Å². The van der Waals surface area contributed by atoms with Gasteiger partial charge >= 0.3 is 6.55 Å². The third kappa shape index (κ3) is 2.00. The first-order chi connectivity index (χ1) is 5.24. The van der Waals surface area contributed by atoms with Gasteiger partial charge in [-0.15, -0.1) is 0 Å². The van der Waals surface area contributed by atoms with Gasteiger partial charge in [0, 0.05) is 6.20 Å². The van der Waals surface area contributed by atoms with Crippen LogP contribution >= 0.6 is 0 Å². The molecule has 0 aliphatic carbocycles. The lowest BCUT2D eigenvalue weighted by Crippen LogP contribution is -1.96. The number of aryl methyl sites for hydroxylation is 1. The topological polar surface area (TPSA) is 17.8 Å². The van der Waals surface area contributed by atoms with E-state index in [1.54, 1.807) is 0 Å². The van der Waals surface area contributed by atoms with Crippen LogP contribution in [0.3, 0.4) is 0 Å². The number of rotatable bonds is 3. The summed E-state index contributed by atoms with van der Waals surface area (Å²) < 4.78 is 24.5. The van der Waals surface area contributed by atoms with Crippen LogP contribution in [0.15, 0.2) is 12.4 Å². The fourth-order valence-electron chi connectivity index (χ4n) is 0.902. The summed E-state index contributed by atoms with van der Waals surface area (Å²) in [5, 5.41) is 3.50. The highest BCUT2D eigenvalue weighted by atomic mass is 19.3. The van der Waals surface area contributed by atoms with Crippen LogP contribution in [0.25, 0.3) is 0 Å². The lowest BCUT2D eigenvalue weighted by molar-refractivity contribution is 0.0565. The van der Waals surface area contributed by atoms with Gasteiger partial charge in [0.1, 0.15) is 0 Å². The molecule has 0 unspecified atom stereocenters. The summed E-state index contributed by atoms with van der Waals surface area (Å²) in [5.74, 6) is 0. The second-order valence-corrected chi connectivity index (χ2v) is 2.36. The van der Waals surface area contributed by atoms with E-state index < -0.39 is 6.55 Å². The average molecular weight is 160 g/mol. The molecule has 0 bridgehead atoms. The molecule has 0 aliphatic rings. The molecule has 1 heterocycles. The predicted octanol–water partition coefficient (Wildman–Crippen LogP) is 2.23. The molecule has 0 aromatic carbocycles. The normalized spacial score (nSPS) is 10.9. The Bertz CT molecular complexity index is 220. The van der Waals surface area contributed by atoms with Crippen molar-refractivity contribution >= 4 is 0 Å². The largest absolute Gasteiger partial charge is 0.333 e. The lowest BCUT2D eigenvalue weighted by atomic mass is 10.2. The zero-order valence-corrected chi connectivity index (χ0v) is 6.30. The van der Waals surface area contributed by atoms with E-state index in [0.717, 1.165) is 18.4 Å². The Hall–Kier alpha value is -0.930. The van der Waals surface area contributed by atoms with Crippen molar-refractivity contribution in [1.82, 2.24) is 9.78 Å². The Morgan fingerprint density at radius 1 is 1.64 bits per heavy atom. The van der Waals surface area contributed by atoms with Crippen molar-refractivity contribution in [1.29, 1.82) is 0 Å². The molecule has 62 valence electrons. The molecule has 0 radical (unpaired) electrons. The molecule has 0 N–H and O–H groups in total. The maximum absolute atomic E-state index is 11.9. The van der Waals surface area contributed by atoms with Crippen LogP contribution in [0.2, 0.25) is 0 Å². The molecule has 0 aliphatic heterocycles. The van der Waals surface area contributed by atoms with Gasteiger partial charge < -0.3 is 0 Å². The first-order valence-corrected chi connectivity index (χ1v) is 3.55.